The highest BCUT2D eigenvalue weighted by Gasteiger charge is 2.26. The van der Waals surface area contributed by atoms with Gasteiger partial charge in [-0.3, -0.25) is 0 Å². The maximum absolute atomic E-state index is 2.46. The van der Waals surface area contributed by atoms with Gasteiger partial charge in [0, 0.05) is 155 Å². The van der Waals surface area contributed by atoms with Gasteiger partial charge in [-0.05, 0) is 234 Å². The van der Waals surface area contributed by atoms with Crippen LogP contribution < -0.4 is 0 Å². The summed E-state index contributed by atoms with van der Waals surface area (Å²) in [6.45, 7) is 0. The van der Waals surface area contributed by atoms with Crippen molar-refractivity contribution in [3.8, 4) is 67.5 Å². The van der Waals surface area contributed by atoms with Crippen molar-refractivity contribution in [3.05, 3.63) is 473 Å². The molecule has 6 nitrogen and oxygen atoms in total. The SMILES string of the molecule is c1ccc(-n2c3ccccc3c3cc(-c4ccc5c(c4)c4cc6sc7ccccc7c6cc4n5-c4ccccc4)ccc32)cc1.c1ccc(-n2c3ccccc3c3cc(-c4ccc5c(c4)c4ccc6c7ccccc7sc6c4n5-c4ccccc4)ccc32)cc1.c1ccc(-n2c3ccccc3c3cc(-c4ccc5c(c4)c4ccc6sc7ccccc7c6c4n5-c4ccccc4)ccc32)cc1. The van der Waals surface area contributed by atoms with E-state index in [0.717, 1.165) is 0 Å². The van der Waals surface area contributed by atoms with Gasteiger partial charge >= 0.3 is 0 Å². The third-order valence-electron chi connectivity index (χ3n) is 27.9. The van der Waals surface area contributed by atoms with E-state index in [9.17, 15) is 0 Å². The second-order valence-electron chi connectivity index (χ2n) is 35.3. The van der Waals surface area contributed by atoms with Gasteiger partial charge in [0.15, 0.2) is 0 Å². The topological polar surface area (TPSA) is 29.6 Å². The van der Waals surface area contributed by atoms with Crippen molar-refractivity contribution < 1.29 is 0 Å². The number of hydrogen-bond acceptors (Lipinski definition) is 3. The Labute approximate surface area is 787 Å². The zero-order valence-corrected chi connectivity index (χ0v) is 75.4. The van der Waals surface area contributed by atoms with Gasteiger partial charge in [-0.15, -0.1) is 34.0 Å². The van der Waals surface area contributed by atoms with Crippen LogP contribution >= 0.6 is 34.0 Å². The molecule has 0 atom stereocenters. The second-order valence-corrected chi connectivity index (χ2v) is 38.5. The summed E-state index contributed by atoms with van der Waals surface area (Å²) in [7, 11) is 0. The first-order valence-electron chi connectivity index (χ1n) is 46.1. The van der Waals surface area contributed by atoms with Gasteiger partial charge in [0.1, 0.15) is 0 Å². The van der Waals surface area contributed by atoms with Gasteiger partial charge in [-0.2, -0.15) is 0 Å². The molecule has 0 saturated carbocycles. The quantitative estimate of drug-likeness (QED) is 0.138. The van der Waals surface area contributed by atoms with Gasteiger partial charge < -0.3 is 27.4 Å². The number of rotatable bonds is 9. The fourth-order valence-corrected chi connectivity index (χ4v) is 25.4. The summed E-state index contributed by atoms with van der Waals surface area (Å²) >= 11 is 5.65. The Morgan fingerprint density at radius 3 is 0.793 bits per heavy atom. The number of benzene rings is 21. The molecule has 0 aliphatic carbocycles. The molecule has 0 saturated heterocycles. The third kappa shape index (κ3) is 12.2. The number of nitrogens with zero attached hydrogens (tertiary/aromatic N) is 6. The third-order valence-corrected chi connectivity index (χ3v) is 31.4. The lowest BCUT2D eigenvalue weighted by atomic mass is 10.00. The summed E-state index contributed by atoms with van der Waals surface area (Å²) < 4.78 is 22.5. The first-order valence-corrected chi connectivity index (χ1v) is 48.5. The van der Waals surface area contributed by atoms with Crippen molar-refractivity contribution in [2.75, 3.05) is 0 Å². The largest absolute Gasteiger partial charge is 0.309 e. The summed E-state index contributed by atoms with van der Waals surface area (Å²) in [6.07, 6.45) is 0. The molecule has 135 heavy (non-hydrogen) atoms. The Kier molecular flexibility index (Phi) is 17.6. The maximum Gasteiger partial charge on any atom is 0.0719 e. The number of para-hydroxylation sites is 9. The molecule has 9 heteroatoms. The Balaban J connectivity index is 0.000000101. The summed E-state index contributed by atoms with van der Waals surface area (Å²) in [6, 6.07) is 173. The zero-order chi connectivity index (χ0) is 88.5. The van der Waals surface area contributed by atoms with Crippen molar-refractivity contribution in [1.29, 1.82) is 0 Å². The molecule has 9 heterocycles. The van der Waals surface area contributed by atoms with E-state index in [1.165, 1.54) is 259 Å². The number of thiophene rings is 3. The van der Waals surface area contributed by atoms with Crippen LogP contribution in [-0.4, -0.2) is 27.4 Å². The van der Waals surface area contributed by atoms with E-state index >= 15 is 0 Å². The Hall–Kier alpha value is -16.9. The molecular formula is C126H78N6S3. The van der Waals surface area contributed by atoms with Crippen LogP contribution in [0.25, 0.3) is 259 Å². The molecule has 630 valence electrons. The average Bonchev–Trinajstić information content (AvgIpc) is 1.58. The highest BCUT2D eigenvalue weighted by molar-refractivity contribution is 7.27. The van der Waals surface area contributed by atoms with Crippen LogP contribution in [0.4, 0.5) is 0 Å². The van der Waals surface area contributed by atoms with Crippen molar-refractivity contribution in [2.24, 2.45) is 0 Å². The smallest absolute Gasteiger partial charge is 0.0719 e. The van der Waals surface area contributed by atoms with Crippen LogP contribution in [0.15, 0.2) is 473 Å². The van der Waals surface area contributed by atoms with Crippen molar-refractivity contribution in [1.82, 2.24) is 27.4 Å². The molecule has 0 radical (unpaired) electrons. The predicted molar refractivity (Wildman–Crippen MR) is 580 cm³/mol. The predicted octanol–water partition coefficient (Wildman–Crippen LogP) is 35.7. The number of hydrogen-bond donors (Lipinski definition) is 0. The van der Waals surface area contributed by atoms with Gasteiger partial charge in [0.05, 0.1) is 70.9 Å². The highest BCUT2D eigenvalue weighted by atomic mass is 32.1. The summed E-state index contributed by atoms with van der Waals surface area (Å²) in [5.41, 5.74) is 29.3. The van der Waals surface area contributed by atoms with Crippen molar-refractivity contribution in [2.45, 2.75) is 0 Å². The molecule has 0 fully saturated rings. The Morgan fingerprint density at radius 2 is 0.385 bits per heavy atom. The van der Waals surface area contributed by atoms with Crippen LogP contribution in [0, 0.1) is 0 Å². The molecule has 0 aliphatic heterocycles. The van der Waals surface area contributed by atoms with Crippen molar-refractivity contribution in [3.63, 3.8) is 0 Å². The maximum atomic E-state index is 2.46. The Bertz CT molecular complexity index is 9880. The minimum Gasteiger partial charge on any atom is -0.309 e. The van der Waals surface area contributed by atoms with Crippen LogP contribution in [0.3, 0.4) is 0 Å². The van der Waals surface area contributed by atoms with Gasteiger partial charge in [0.25, 0.3) is 0 Å². The number of aromatic nitrogens is 6. The van der Waals surface area contributed by atoms with E-state index in [2.05, 4.69) is 501 Å². The first kappa shape index (κ1) is 76.9. The lowest BCUT2D eigenvalue weighted by Gasteiger charge is -2.10. The van der Waals surface area contributed by atoms with E-state index in [1.807, 2.05) is 34.0 Å². The van der Waals surface area contributed by atoms with Crippen LogP contribution in [0.5, 0.6) is 0 Å². The van der Waals surface area contributed by atoms with E-state index in [1.54, 1.807) is 0 Å². The molecule has 0 N–H and O–H groups in total. The molecule has 0 bridgehead atoms. The van der Waals surface area contributed by atoms with Crippen molar-refractivity contribution >= 4 is 225 Å². The fourth-order valence-electron chi connectivity index (χ4n) is 21.9. The van der Waals surface area contributed by atoms with Gasteiger partial charge in [-0.1, -0.05) is 273 Å². The highest BCUT2D eigenvalue weighted by Crippen LogP contribution is 2.50. The van der Waals surface area contributed by atoms with Crippen LogP contribution in [0.1, 0.15) is 0 Å². The van der Waals surface area contributed by atoms with Gasteiger partial charge in [-0.25, -0.2) is 0 Å². The summed E-state index contributed by atoms with van der Waals surface area (Å²) in [5, 5.41) is 23.3. The molecule has 0 aliphatic rings. The minimum atomic E-state index is 1.18. The molecule has 30 aromatic rings. The van der Waals surface area contributed by atoms with E-state index in [0.29, 0.717) is 0 Å². The molecule has 0 unspecified atom stereocenters. The normalized spacial score (nSPS) is 12.0. The molecule has 0 spiro atoms. The van der Waals surface area contributed by atoms with Crippen LogP contribution in [0.2, 0.25) is 0 Å². The lowest BCUT2D eigenvalue weighted by molar-refractivity contribution is 1.18. The molecule has 21 aromatic carbocycles. The van der Waals surface area contributed by atoms with E-state index in [4.69, 9.17) is 0 Å². The standard InChI is InChI=1S/3C42H26N2S/c1-3-11-29(12-4-1)43-37-17-9-7-15-31(37)35-25-27(19-23-38(35)43)28-20-24-39-36(26-28)33-21-22-34-32-16-8-10-18-40(32)45-42(34)41(33)44(39)30-13-5-2-6-14-30;1-3-11-29(12-4-1)43-36-17-9-7-15-31(36)34-25-27(19-22-37(34)43)28-20-23-38-35(26-28)32-21-24-40-41(33-16-8-10-18-39(33)45-40)42(32)44(38)30-13-5-2-6-14-30;1-3-11-29(12-4-1)43-37-17-9-7-15-31(37)33-23-27(19-21-38(33)43)28-20-22-39-34(24-28)35-26-42-36(32-16-8-10-18-41(32)45-42)25-40(35)44(39)30-13-5-2-6-14-30/h3*1-26H. The number of fused-ring (bicyclic) bond motifs is 29. The summed E-state index contributed by atoms with van der Waals surface area (Å²) in [4.78, 5) is 0. The molecular weight excluding hydrogens is 1690 g/mol. The lowest BCUT2D eigenvalue weighted by Crippen LogP contribution is -1.93. The molecule has 0 amide bonds. The first-order chi connectivity index (χ1) is 67.0. The minimum absolute atomic E-state index is 1.18. The molecule has 9 aromatic heterocycles. The molecule has 30 rings (SSSR count). The van der Waals surface area contributed by atoms with Crippen LogP contribution in [-0.2, 0) is 0 Å². The van der Waals surface area contributed by atoms with Gasteiger partial charge in [0.2, 0.25) is 0 Å². The van der Waals surface area contributed by atoms with E-state index < -0.39 is 0 Å². The average molecular weight is 1770 g/mol. The summed E-state index contributed by atoms with van der Waals surface area (Å²) in [5.74, 6) is 0. The Morgan fingerprint density at radius 1 is 0.126 bits per heavy atom. The monoisotopic (exact) mass is 1770 g/mol. The fraction of sp³-hybridized carbons (Fsp3) is 0. The zero-order valence-electron chi connectivity index (χ0n) is 72.9. The van der Waals surface area contributed by atoms with E-state index in [-0.39, 0.29) is 0 Å². The second kappa shape index (κ2) is 30.9.